The molecule has 1 heterocycles. The maximum absolute atomic E-state index is 10.2. The van der Waals surface area contributed by atoms with Crippen LogP contribution in [0.1, 0.15) is 30.3 Å². The van der Waals surface area contributed by atoms with E-state index in [1.165, 1.54) is 12.3 Å². The Balaban J connectivity index is 0.000000342. The topological polar surface area (TPSA) is 125 Å². The molecule has 1 aromatic rings. The molecule has 0 aromatic carbocycles. The van der Waals surface area contributed by atoms with Crippen LogP contribution in [0.4, 0.5) is 0 Å². The highest BCUT2D eigenvalue weighted by Gasteiger charge is 2.23. The summed E-state index contributed by atoms with van der Waals surface area (Å²) in [6.45, 7) is 1.75. The zero-order chi connectivity index (χ0) is 14.8. The number of pyridine rings is 1. The van der Waals surface area contributed by atoms with E-state index >= 15 is 0 Å². The number of carboxylic acids is 3. The second kappa shape index (κ2) is 8.62. The molecule has 0 bridgehead atoms. The van der Waals surface area contributed by atoms with Crippen molar-refractivity contribution in [3.05, 3.63) is 30.1 Å². The Labute approximate surface area is 109 Å². The predicted octanol–water partition coefficient (Wildman–Crippen LogP) is 1.35. The van der Waals surface area contributed by atoms with Gasteiger partial charge in [-0.25, -0.2) is 9.78 Å². The Morgan fingerprint density at radius 2 is 1.74 bits per heavy atom. The number of hydrogen-bond acceptors (Lipinski definition) is 4. The van der Waals surface area contributed by atoms with Crippen molar-refractivity contribution >= 4 is 17.9 Å². The molecule has 7 nitrogen and oxygen atoms in total. The van der Waals surface area contributed by atoms with E-state index in [9.17, 15) is 14.4 Å². The third-order valence-corrected chi connectivity index (χ3v) is 2.06. The summed E-state index contributed by atoms with van der Waals surface area (Å²) >= 11 is 0. The molecule has 0 saturated carbocycles. The number of carboxylic acid groups (broad SMARTS) is 3. The summed E-state index contributed by atoms with van der Waals surface area (Å²) in [5, 5.41) is 24.9. The van der Waals surface area contributed by atoms with Gasteiger partial charge >= 0.3 is 17.9 Å². The van der Waals surface area contributed by atoms with Gasteiger partial charge < -0.3 is 15.3 Å². The van der Waals surface area contributed by atoms with Crippen molar-refractivity contribution in [3.63, 3.8) is 0 Å². The van der Waals surface area contributed by atoms with Crippen LogP contribution in [0.3, 0.4) is 0 Å². The van der Waals surface area contributed by atoms with Crippen molar-refractivity contribution in [2.24, 2.45) is 5.92 Å². The largest absolute Gasteiger partial charge is 0.481 e. The highest BCUT2D eigenvalue weighted by Crippen LogP contribution is 2.05. The van der Waals surface area contributed by atoms with Crippen molar-refractivity contribution in [1.29, 1.82) is 0 Å². The number of hydrogen-bond donors (Lipinski definition) is 3. The first kappa shape index (κ1) is 16.6. The SMILES string of the molecule is CCCC(C(=O)O)C(=O)O.O=C(O)c1ccccn1. The standard InChI is InChI=1S/C6H5NO2.C6H10O4/c8-6(9)5-3-1-2-4-7-5;1-2-3-4(5(7)8)6(9)10/h1-4H,(H,8,9);4H,2-3H2,1H3,(H,7,8)(H,9,10). The minimum Gasteiger partial charge on any atom is -0.481 e. The predicted molar refractivity (Wildman–Crippen MR) is 64.9 cm³/mol. The van der Waals surface area contributed by atoms with Crippen LogP contribution in [0, 0.1) is 5.92 Å². The van der Waals surface area contributed by atoms with Crippen molar-refractivity contribution < 1.29 is 29.7 Å². The van der Waals surface area contributed by atoms with Crippen molar-refractivity contribution in [2.75, 3.05) is 0 Å². The van der Waals surface area contributed by atoms with Crippen LogP contribution in [-0.4, -0.2) is 38.2 Å². The van der Waals surface area contributed by atoms with Crippen LogP contribution in [0.15, 0.2) is 24.4 Å². The monoisotopic (exact) mass is 269 g/mol. The second-order valence-electron chi connectivity index (χ2n) is 3.54. The fourth-order valence-corrected chi connectivity index (χ4v) is 1.13. The Hall–Kier alpha value is -2.44. The van der Waals surface area contributed by atoms with E-state index in [4.69, 9.17) is 15.3 Å². The van der Waals surface area contributed by atoms with Crippen LogP contribution in [0.5, 0.6) is 0 Å². The molecule has 1 aromatic heterocycles. The van der Waals surface area contributed by atoms with Crippen molar-refractivity contribution in [2.45, 2.75) is 19.8 Å². The Morgan fingerprint density at radius 1 is 1.16 bits per heavy atom. The third-order valence-electron chi connectivity index (χ3n) is 2.06. The normalized spacial score (nSPS) is 9.37. The highest BCUT2D eigenvalue weighted by molar-refractivity contribution is 5.92. The molecule has 3 N–H and O–H groups in total. The fraction of sp³-hybridized carbons (Fsp3) is 0.333. The smallest absolute Gasteiger partial charge is 0.354 e. The van der Waals surface area contributed by atoms with E-state index < -0.39 is 23.8 Å². The average Bonchev–Trinajstić information content (AvgIpc) is 2.37. The van der Waals surface area contributed by atoms with Gasteiger partial charge in [-0.05, 0) is 18.6 Å². The van der Waals surface area contributed by atoms with Gasteiger partial charge in [0.2, 0.25) is 0 Å². The van der Waals surface area contributed by atoms with Gasteiger partial charge in [0.25, 0.3) is 0 Å². The van der Waals surface area contributed by atoms with Gasteiger partial charge in [-0.15, -0.1) is 0 Å². The molecule has 0 aliphatic rings. The minimum absolute atomic E-state index is 0.0810. The Bertz CT molecular complexity index is 417. The summed E-state index contributed by atoms with van der Waals surface area (Å²) in [5.74, 6) is -4.73. The highest BCUT2D eigenvalue weighted by atomic mass is 16.4. The van der Waals surface area contributed by atoms with E-state index in [1.54, 1.807) is 19.1 Å². The summed E-state index contributed by atoms with van der Waals surface area (Å²) in [6, 6.07) is 4.76. The quantitative estimate of drug-likeness (QED) is 0.689. The maximum Gasteiger partial charge on any atom is 0.354 e. The van der Waals surface area contributed by atoms with Crippen molar-refractivity contribution in [1.82, 2.24) is 4.98 Å². The van der Waals surface area contributed by atoms with Crippen LogP contribution in [0.25, 0.3) is 0 Å². The lowest BCUT2D eigenvalue weighted by Gasteiger charge is -2.02. The van der Waals surface area contributed by atoms with Gasteiger partial charge in [0.15, 0.2) is 5.92 Å². The molecule has 0 atom stereocenters. The number of rotatable bonds is 5. The molecule has 0 fully saturated rings. The number of carbonyl (C=O) groups is 3. The zero-order valence-corrected chi connectivity index (χ0v) is 10.3. The molecular weight excluding hydrogens is 254 g/mol. The molecule has 0 spiro atoms. The molecule has 0 aliphatic heterocycles. The van der Waals surface area contributed by atoms with E-state index in [0.717, 1.165) is 0 Å². The molecule has 104 valence electrons. The lowest BCUT2D eigenvalue weighted by molar-refractivity contribution is -0.154. The fourth-order valence-electron chi connectivity index (χ4n) is 1.13. The second-order valence-corrected chi connectivity index (χ2v) is 3.54. The summed E-state index contributed by atoms with van der Waals surface area (Å²) in [5.41, 5.74) is 0.0810. The van der Waals surface area contributed by atoms with Crippen molar-refractivity contribution in [3.8, 4) is 0 Å². The molecule has 1 rings (SSSR count). The molecule has 0 aliphatic carbocycles. The van der Waals surface area contributed by atoms with Gasteiger partial charge in [-0.2, -0.15) is 0 Å². The summed E-state index contributed by atoms with van der Waals surface area (Å²) < 4.78 is 0. The number of aromatic carboxylic acids is 1. The van der Waals surface area contributed by atoms with Gasteiger partial charge in [0.1, 0.15) is 5.69 Å². The first-order chi connectivity index (χ1) is 8.90. The van der Waals surface area contributed by atoms with Crippen LogP contribution in [0.2, 0.25) is 0 Å². The zero-order valence-electron chi connectivity index (χ0n) is 10.3. The average molecular weight is 269 g/mol. The lowest BCUT2D eigenvalue weighted by atomic mass is 10.1. The van der Waals surface area contributed by atoms with E-state index in [-0.39, 0.29) is 12.1 Å². The Kier molecular flexibility index (Phi) is 7.51. The Morgan fingerprint density at radius 3 is 1.95 bits per heavy atom. The van der Waals surface area contributed by atoms with Crippen LogP contribution < -0.4 is 0 Å². The number of aromatic nitrogens is 1. The number of aliphatic carboxylic acids is 2. The summed E-state index contributed by atoms with van der Waals surface area (Å²) in [7, 11) is 0. The van der Waals surface area contributed by atoms with E-state index in [0.29, 0.717) is 6.42 Å². The van der Waals surface area contributed by atoms with Gasteiger partial charge in [-0.3, -0.25) is 9.59 Å². The maximum atomic E-state index is 10.2. The van der Waals surface area contributed by atoms with Crippen LogP contribution in [-0.2, 0) is 9.59 Å². The molecule has 0 amide bonds. The van der Waals surface area contributed by atoms with Gasteiger partial charge in [0, 0.05) is 6.20 Å². The molecule has 0 radical (unpaired) electrons. The first-order valence-electron chi connectivity index (χ1n) is 5.50. The minimum atomic E-state index is -1.26. The third kappa shape index (κ3) is 6.77. The molecule has 0 unspecified atom stereocenters. The van der Waals surface area contributed by atoms with Gasteiger partial charge in [0.05, 0.1) is 0 Å². The summed E-state index contributed by atoms with van der Waals surface area (Å²) in [4.78, 5) is 34.0. The van der Waals surface area contributed by atoms with E-state index in [1.807, 2.05) is 0 Å². The number of nitrogens with zero attached hydrogens (tertiary/aromatic N) is 1. The summed E-state index contributed by atoms with van der Waals surface area (Å²) in [6.07, 6.45) is 2.22. The first-order valence-corrected chi connectivity index (χ1v) is 5.50. The lowest BCUT2D eigenvalue weighted by Crippen LogP contribution is -2.22. The van der Waals surface area contributed by atoms with E-state index in [2.05, 4.69) is 4.98 Å². The molecule has 7 heteroatoms. The van der Waals surface area contributed by atoms with Crippen LogP contribution >= 0.6 is 0 Å². The van der Waals surface area contributed by atoms with Gasteiger partial charge in [-0.1, -0.05) is 19.4 Å². The molecular formula is C12H15NO6. The molecule has 19 heavy (non-hydrogen) atoms. The molecule has 0 saturated heterocycles.